The lowest BCUT2D eigenvalue weighted by atomic mass is 9.88. The van der Waals surface area contributed by atoms with Gasteiger partial charge in [-0.15, -0.1) is 0 Å². The Bertz CT molecular complexity index is 724. The number of furan rings is 1. The molecule has 134 valence electrons. The van der Waals surface area contributed by atoms with Crippen LogP contribution in [0.4, 0.5) is 4.39 Å². The molecule has 1 N–H and O–H groups in total. The van der Waals surface area contributed by atoms with Crippen molar-refractivity contribution in [2.75, 3.05) is 14.1 Å². The Balaban J connectivity index is 1.72. The molecule has 1 aliphatic rings. The summed E-state index contributed by atoms with van der Waals surface area (Å²) < 4.78 is 18.8. The largest absolute Gasteiger partial charge is 0.465 e. The zero-order chi connectivity index (χ0) is 18.0. The van der Waals surface area contributed by atoms with Crippen LogP contribution in [0, 0.1) is 18.7 Å². The van der Waals surface area contributed by atoms with Gasteiger partial charge in [0.1, 0.15) is 17.3 Å². The molecule has 3 rings (SSSR count). The van der Waals surface area contributed by atoms with Gasteiger partial charge in [0, 0.05) is 26.1 Å². The van der Waals surface area contributed by atoms with E-state index in [1.54, 1.807) is 31.1 Å². The lowest BCUT2D eigenvalue weighted by molar-refractivity contribution is -0.133. The van der Waals surface area contributed by atoms with Crippen molar-refractivity contribution in [2.45, 2.75) is 38.3 Å². The summed E-state index contributed by atoms with van der Waals surface area (Å²) in [6, 6.07) is 10.7. The maximum Gasteiger partial charge on any atom is 0.225 e. The molecule has 1 fully saturated rings. The maximum absolute atomic E-state index is 13.2. The van der Waals surface area contributed by atoms with Crippen molar-refractivity contribution >= 4 is 5.91 Å². The van der Waals surface area contributed by atoms with Crippen LogP contribution < -0.4 is 5.32 Å². The Hall–Kier alpha value is -2.14. The summed E-state index contributed by atoms with van der Waals surface area (Å²) in [7, 11) is 3.58. The van der Waals surface area contributed by atoms with Gasteiger partial charge in [-0.1, -0.05) is 12.1 Å². The number of carbonyl (C=O) groups is 1. The molecular weight excluding hydrogens is 319 g/mol. The lowest BCUT2D eigenvalue weighted by Gasteiger charge is -2.22. The number of nitrogens with zero attached hydrogens (tertiary/aromatic N) is 1. The third-order valence-corrected chi connectivity index (χ3v) is 4.98. The van der Waals surface area contributed by atoms with E-state index in [4.69, 9.17) is 4.42 Å². The molecule has 0 radical (unpaired) electrons. The first kappa shape index (κ1) is 17.7. The van der Waals surface area contributed by atoms with Crippen molar-refractivity contribution in [1.82, 2.24) is 10.2 Å². The SMILES string of the molecule is Cc1ccc(CN[C@@H]2C[C@H](C(=O)N(C)C)[C@@H](c3ccc(F)cc3)C2)o1. The second-order valence-corrected chi connectivity index (χ2v) is 7.06. The van der Waals surface area contributed by atoms with Gasteiger partial charge in [-0.05, 0) is 55.5 Å². The van der Waals surface area contributed by atoms with Crippen LogP contribution >= 0.6 is 0 Å². The van der Waals surface area contributed by atoms with Crippen molar-refractivity contribution in [1.29, 1.82) is 0 Å². The highest BCUT2D eigenvalue weighted by atomic mass is 19.1. The van der Waals surface area contributed by atoms with Crippen molar-refractivity contribution < 1.29 is 13.6 Å². The quantitative estimate of drug-likeness (QED) is 0.903. The molecule has 0 aliphatic heterocycles. The van der Waals surface area contributed by atoms with Crippen molar-refractivity contribution in [2.24, 2.45) is 5.92 Å². The Morgan fingerprint density at radius 1 is 1.20 bits per heavy atom. The molecule has 1 aromatic heterocycles. The fourth-order valence-electron chi connectivity index (χ4n) is 3.71. The monoisotopic (exact) mass is 344 g/mol. The minimum Gasteiger partial charge on any atom is -0.465 e. The van der Waals surface area contributed by atoms with Crippen LogP contribution in [0.1, 0.15) is 35.8 Å². The van der Waals surface area contributed by atoms with Crippen LogP contribution in [-0.2, 0) is 11.3 Å². The van der Waals surface area contributed by atoms with Gasteiger partial charge in [-0.2, -0.15) is 0 Å². The summed E-state index contributed by atoms with van der Waals surface area (Å²) >= 11 is 0. The predicted octanol–water partition coefficient (Wildman–Crippen LogP) is 3.47. The molecule has 1 aliphatic carbocycles. The van der Waals surface area contributed by atoms with Crippen LogP contribution in [-0.4, -0.2) is 30.9 Å². The predicted molar refractivity (Wildman–Crippen MR) is 94.6 cm³/mol. The van der Waals surface area contributed by atoms with E-state index >= 15 is 0 Å². The molecule has 1 aromatic carbocycles. The zero-order valence-electron chi connectivity index (χ0n) is 15.0. The first-order valence-electron chi connectivity index (χ1n) is 8.69. The molecule has 3 atom stereocenters. The van der Waals surface area contributed by atoms with E-state index in [9.17, 15) is 9.18 Å². The van der Waals surface area contributed by atoms with E-state index in [0.29, 0.717) is 6.54 Å². The Labute approximate surface area is 148 Å². The lowest BCUT2D eigenvalue weighted by Crippen LogP contribution is -2.32. The molecule has 0 spiro atoms. The Kier molecular flexibility index (Phi) is 5.23. The molecule has 0 bridgehead atoms. The van der Waals surface area contributed by atoms with Gasteiger partial charge in [-0.3, -0.25) is 4.79 Å². The molecule has 2 aromatic rings. The number of nitrogens with one attached hydrogen (secondary N) is 1. The molecular formula is C20H25FN2O2. The van der Waals surface area contributed by atoms with Gasteiger partial charge in [0.2, 0.25) is 5.91 Å². The first-order chi connectivity index (χ1) is 11.9. The standard InChI is InChI=1S/C20H25FN2O2/c1-13-4-9-17(25-13)12-22-16-10-18(14-5-7-15(21)8-6-14)19(11-16)20(24)23(2)3/h4-9,16,18-19,22H,10-12H2,1-3H3/t16-,18+,19-/m0/s1. The smallest absolute Gasteiger partial charge is 0.225 e. The minimum absolute atomic E-state index is 0.0868. The average molecular weight is 344 g/mol. The van der Waals surface area contributed by atoms with Gasteiger partial charge in [0.05, 0.1) is 6.54 Å². The number of hydrogen-bond donors (Lipinski definition) is 1. The summed E-state index contributed by atoms with van der Waals surface area (Å²) in [5.74, 6) is 1.70. The number of aryl methyl sites for hydroxylation is 1. The molecule has 25 heavy (non-hydrogen) atoms. The average Bonchev–Trinajstić information content (AvgIpc) is 3.19. The van der Waals surface area contributed by atoms with Crippen LogP contribution in [0.15, 0.2) is 40.8 Å². The first-order valence-corrected chi connectivity index (χ1v) is 8.69. The van der Waals surface area contributed by atoms with Crippen LogP contribution in [0.3, 0.4) is 0 Å². The maximum atomic E-state index is 13.2. The number of benzene rings is 1. The molecule has 0 saturated heterocycles. The summed E-state index contributed by atoms with van der Waals surface area (Å²) in [5, 5.41) is 3.51. The minimum atomic E-state index is -0.250. The third kappa shape index (κ3) is 4.10. The van der Waals surface area contributed by atoms with Crippen LogP contribution in [0.5, 0.6) is 0 Å². The van der Waals surface area contributed by atoms with Crippen LogP contribution in [0.2, 0.25) is 0 Å². The molecule has 1 amide bonds. The molecule has 0 unspecified atom stereocenters. The number of halogens is 1. The highest BCUT2D eigenvalue weighted by Gasteiger charge is 2.40. The van der Waals surface area contributed by atoms with Gasteiger partial charge in [0.15, 0.2) is 0 Å². The van der Waals surface area contributed by atoms with E-state index in [-0.39, 0.29) is 29.6 Å². The number of carbonyl (C=O) groups excluding carboxylic acids is 1. The summed E-state index contributed by atoms with van der Waals surface area (Å²) in [6.45, 7) is 2.58. The van der Waals surface area contributed by atoms with Gasteiger partial charge in [-0.25, -0.2) is 4.39 Å². The normalized spacial score (nSPS) is 23.0. The summed E-state index contributed by atoms with van der Waals surface area (Å²) in [5.41, 5.74) is 1.03. The molecule has 5 heteroatoms. The third-order valence-electron chi connectivity index (χ3n) is 4.98. The summed E-state index contributed by atoms with van der Waals surface area (Å²) in [6.07, 6.45) is 1.63. The number of amides is 1. The molecule has 1 heterocycles. The van der Waals surface area contributed by atoms with Gasteiger partial charge >= 0.3 is 0 Å². The van der Waals surface area contributed by atoms with Crippen LogP contribution in [0.25, 0.3) is 0 Å². The topological polar surface area (TPSA) is 45.5 Å². The Morgan fingerprint density at radius 3 is 2.52 bits per heavy atom. The van der Waals surface area contributed by atoms with Crippen molar-refractivity contribution in [3.8, 4) is 0 Å². The van der Waals surface area contributed by atoms with E-state index in [1.165, 1.54) is 12.1 Å². The van der Waals surface area contributed by atoms with Gasteiger partial charge in [0.25, 0.3) is 0 Å². The van der Waals surface area contributed by atoms with E-state index in [1.807, 2.05) is 19.1 Å². The van der Waals surface area contributed by atoms with E-state index < -0.39 is 0 Å². The summed E-state index contributed by atoms with van der Waals surface area (Å²) in [4.78, 5) is 14.3. The van der Waals surface area contributed by atoms with Crippen molar-refractivity contribution in [3.05, 3.63) is 59.3 Å². The Morgan fingerprint density at radius 2 is 1.92 bits per heavy atom. The van der Waals surface area contributed by atoms with E-state index in [2.05, 4.69) is 5.32 Å². The second kappa shape index (κ2) is 7.40. The second-order valence-electron chi connectivity index (χ2n) is 7.06. The highest BCUT2D eigenvalue weighted by molar-refractivity contribution is 5.80. The number of rotatable bonds is 5. The fourth-order valence-corrected chi connectivity index (χ4v) is 3.71. The zero-order valence-corrected chi connectivity index (χ0v) is 15.0. The fraction of sp³-hybridized carbons (Fsp3) is 0.450. The highest BCUT2D eigenvalue weighted by Crippen LogP contribution is 2.40. The molecule has 4 nitrogen and oxygen atoms in total. The molecule has 1 saturated carbocycles. The van der Waals surface area contributed by atoms with E-state index in [0.717, 1.165) is 29.9 Å². The van der Waals surface area contributed by atoms with Crippen molar-refractivity contribution in [3.63, 3.8) is 0 Å². The number of hydrogen-bond acceptors (Lipinski definition) is 3. The van der Waals surface area contributed by atoms with Gasteiger partial charge < -0.3 is 14.6 Å².